The number of thiol groups is 1. The Labute approximate surface area is 77.4 Å². The summed E-state index contributed by atoms with van der Waals surface area (Å²) in [5.41, 5.74) is 0. The maximum absolute atomic E-state index is 4.30. The van der Waals surface area contributed by atoms with Crippen molar-refractivity contribution in [2.24, 2.45) is 0 Å². The van der Waals surface area contributed by atoms with E-state index in [2.05, 4.69) is 30.8 Å². The number of hydrogen-bond acceptors (Lipinski definition) is 2. The van der Waals surface area contributed by atoms with Gasteiger partial charge in [-0.1, -0.05) is 12.7 Å². The summed E-state index contributed by atoms with van der Waals surface area (Å²) in [6.45, 7) is 8.03. The van der Waals surface area contributed by atoms with E-state index in [1.165, 1.54) is 0 Å². The Morgan fingerprint density at radius 2 is 2.42 bits per heavy atom. The number of allylic oxidation sites excluding steroid dienone is 1. The van der Waals surface area contributed by atoms with E-state index in [4.69, 9.17) is 0 Å². The lowest BCUT2D eigenvalue weighted by Crippen LogP contribution is -2.42. The van der Waals surface area contributed by atoms with Gasteiger partial charge in [-0.05, 0) is 11.1 Å². The molecule has 0 aliphatic heterocycles. The summed E-state index contributed by atoms with van der Waals surface area (Å²) in [4.78, 5) is 3.99. The van der Waals surface area contributed by atoms with E-state index >= 15 is 0 Å². The molecule has 0 spiro atoms. The van der Waals surface area contributed by atoms with Crippen molar-refractivity contribution in [3.63, 3.8) is 0 Å². The maximum Gasteiger partial charge on any atom is 0.307 e. The summed E-state index contributed by atoms with van der Waals surface area (Å²) in [6.07, 6.45) is 6.99. The molecule has 1 atom stereocenters. The van der Waals surface area contributed by atoms with Crippen molar-refractivity contribution in [2.75, 3.05) is 0 Å². The maximum atomic E-state index is 4.30. The lowest BCUT2D eigenvalue weighted by molar-refractivity contribution is -0.767. The fraction of sp³-hybridized carbons (Fsp3) is 0.250. The van der Waals surface area contributed by atoms with Crippen LogP contribution in [0.5, 0.6) is 0 Å². The van der Waals surface area contributed by atoms with E-state index in [1.807, 2.05) is 15.4 Å². The van der Waals surface area contributed by atoms with Crippen LogP contribution in [0.2, 0.25) is 0 Å². The Kier molecular flexibility index (Phi) is 3.10. The van der Waals surface area contributed by atoms with Crippen LogP contribution >= 0.6 is 12.6 Å². The molecule has 1 unspecified atom stereocenters. The van der Waals surface area contributed by atoms with Gasteiger partial charge in [0.05, 0.1) is 0 Å². The molecule has 0 aliphatic carbocycles. The first-order valence-electron chi connectivity index (χ1n) is 3.62. The molecule has 4 heteroatoms. The van der Waals surface area contributed by atoms with Gasteiger partial charge < -0.3 is 0 Å². The summed E-state index contributed by atoms with van der Waals surface area (Å²) in [5, 5.41) is -0.0348. The Morgan fingerprint density at radius 1 is 1.67 bits per heavy atom. The van der Waals surface area contributed by atoms with Crippen LogP contribution in [0, 0.1) is 0 Å². The molecule has 0 bridgehead atoms. The molecule has 0 saturated carbocycles. The second kappa shape index (κ2) is 4.11. The highest BCUT2D eigenvalue weighted by molar-refractivity contribution is 7.80. The summed E-state index contributed by atoms with van der Waals surface area (Å²) >= 11 is 4.30. The minimum absolute atomic E-state index is 0.0348. The molecule has 1 aromatic rings. The Hall–Kier alpha value is -1.03. The van der Waals surface area contributed by atoms with Crippen molar-refractivity contribution >= 4 is 12.6 Å². The molecule has 3 nitrogen and oxygen atoms in total. The van der Waals surface area contributed by atoms with Crippen molar-refractivity contribution in [1.82, 2.24) is 9.67 Å². The SMILES string of the molecule is C=CC[n+]1cncn1C(S)C=C. The largest absolute Gasteiger partial charge is 0.307 e. The lowest BCUT2D eigenvalue weighted by atomic mass is 10.6. The molecule has 64 valence electrons. The summed E-state index contributed by atoms with van der Waals surface area (Å²) in [6, 6.07) is 0. The van der Waals surface area contributed by atoms with Crippen molar-refractivity contribution in [3.05, 3.63) is 38.0 Å². The molecule has 1 heterocycles. The van der Waals surface area contributed by atoms with E-state index in [-0.39, 0.29) is 5.37 Å². The third kappa shape index (κ3) is 1.76. The van der Waals surface area contributed by atoms with Crippen molar-refractivity contribution < 1.29 is 4.68 Å². The molecule has 0 saturated heterocycles. The predicted molar refractivity (Wildman–Crippen MR) is 50.8 cm³/mol. The smallest absolute Gasteiger partial charge is 0.164 e. The Balaban J connectivity index is 2.89. The zero-order valence-electron chi connectivity index (χ0n) is 6.80. The molecule has 1 rings (SSSR count). The van der Waals surface area contributed by atoms with Crippen molar-refractivity contribution in [2.45, 2.75) is 11.9 Å². The molecule has 0 aromatic carbocycles. The zero-order chi connectivity index (χ0) is 8.97. The number of hydrogen-bond donors (Lipinski definition) is 1. The third-order valence-corrected chi connectivity index (χ3v) is 1.93. The summed E-state index contributed by atoms with van der Waals surface area (Å²) < 4.78 is 3.78. The van der Waals surface area contributed by atoms with Crippen molar-refractivity contribution in [3.8, 4) is 0 Å². The Bertz CT molecular complexity index is 280. The highest BCUT2D eigenvalue weighted by Crippen LogP contribution is 2.07. The fourth-order valence-corrected chi connectivity index (χ4v) is 1.10. The first kappa shape index (κ1) is 9.06. The average Bonchev–Trinajstić information content (AvgIpc) is 2.52. The van der Waals surface area contributed by atoms with Crippen molar-refractivity contribution in [1.29, 1.82) is 0 Å². The predicted octanol–water partition coefficient (Wildman–Crippen LogP) is 0.971. The van der Waals surface area contributed by atoms with Crippen LogP contribution in [-0.4, -0.2) is 9.67 Å². The third-order valence-electron chi connectivity index (χ3n) is 1.48. The summed E-state index contributed by atoms with van der Waals surface area (Å²) in [7, 11) is 0. The van der Waals surface area contributed by atoms with Gasteiger partial charge in [-0.2, -0.15) is 9.36 Å². The molecular formula is C8H12N3S+. The van der Waals surface area contributed by atoms with Crippen LogP contribution in [0.15, 0.2) is 38.0 Å². The zero-order valence-corrected chi connectivity index (χ0v) is 7.69. The van der Waals surface area contributed by atoms with Gasteiger partial charge in [0.25, 0.3) is 0 Å². The first-order valence-corrected chi connectivity index (χ1v) is 4.14. The molecular weight excluding hydrogens is 170 g/mol. The highest BCUT2D eigenvalue weighted by atomic mass is 32.1. The molecule has 0 radical (unpaired) electrons. The normalized spacial score (nSPS) is 12.4. The second-order valence-electron chi connectivity index (χ2n) is 2.32. The molecule has 0 fully saturated rings. The molecule has 12 heavy (non-hydrogen) atoms. The lowest BCUT2D eigenvalue weighted by Gasteiger charge is -2.05. The van der Waals surface area contributed by atoms with Crippen LogP contribution in [0.25, 0.3) is 0 Å². The van der Waals surface area contributed by atoms with Gasteiger partial charge in [0, 0.05) is 0 Å². The van der Waals surface area contributed by atoms with Gasteiger partial charge in [0.15, 0.2) is 0 Å². The number of rotatable bonds is 4. The average molecular weight is 182 g/mol. The van der Waals surface area contributed by atoms with Gasteiger partial charge in [-0.25, -0.2) is 0 Å². The topological polar surface area (TPSA) is 21.7 Å². The van der Waals surface area contributed by atoms with E-state index in [0.717, 1.165) is 6.54 Å². The molecule has 0 aliphatic rings. The standard InChI is InChI=1S/C8H11N3S/c1-3-5-10-6-9-7-11(10)8(12)4-2/h3-4,6-8H,1-2,5H2/p+1. The van der Waals surface area contributed by atoms with Gasteiger partial charge >= 0.3 is 6.33 Å². The molecule has 0 N–H and O–H groups in total. The van der Waals surface area contributed by atoms with Gasteiger partial charge in [-0.3, -0.25) is 0 Å². The quantitative estimate of drug-likeness (QED) is 0.418. The minimum Gasteiger partial charge on any atom is -0.164 e. The van der Waals surface area contributed by atoms with Crippen LogP contribution in [0.4, 0.5) is 0 Å². The van der Waals surface area contributed by atoms with Gasteiger partial charge in [0.1, 0.15) is 11.9 Å². The van der Waals surface area contributed by atoms with E-state index in [9.17, 15) is 0 Å². The van der Waals surface area contributed by atoms with E-state index < -0.39 is 0 Å². The number of aromatic nitrogens is 3. The van der Waals surface area contributed by atoms with Crippen LogP contribution in [0.3, 0.4) is 0 Å². The highest BCUT2D eigenvalue weighted by Gasteiger charge is 2.09. The fourth-order valence-electron chi connectivity index (χ4n) is 0.903. The molecule has 0 amide bonds. The van der Waals surface area contributed by atoms with Gasteiger partial charge in [-0.15, -0.1) is 19.2 Å². The monoisotopic (exact) mass is 182 g/mol. The molecule has 1 aromatic heterocycles. The number of nitrogens with zero attached hydrogens (tertiary/aromatic N) is 3. The second-order valence-corrected chi connectivity index (χ2v) is 2.85. The minimum atomic E-state index is -0.0348. The van der Waals surface area contributed by atoms with E-state index in [0.29, 0.717) is 0 Å². The van der Waals surface area contributed by atoms with Crippen LogP contribution in [0.1, 0.15) is 5.37 Å². The summed E-state index contributed by atoms with van der Waals surface area (Å²) in [5.74, 6) is 0. The van der Waals surface area contributed by atoms with Crippen LogP contribution < -0.4 is 4.68 Å². The van der Waals surface area contributed by atoms with Crippen LogP contribution in [-0.2, 0) is 6.54 Å². The first-order chi connectivity index (χ1) is 5.79. The van der Waals surface area contributed by atoms with E-state index in [1.54, 1.807) is 18.7 Å². The Morgan fingerprint density at radius 3 is 3.00 bits per heavy atom. The van der Waals surface area contributed by atoms with Gasteiger partial charge in [0.2, 0.25) is 6.33 Å².